The van der Waals surface area contributed by atoms with Crippen LogP contribution in [0.3, 0.4) is 0 Å². The van der Waals surface area contributed by atoms with E-state index in [1.54, 1.807) is 32.2 Å². The second kappa shape index (κ2) is 9.05. The fourth-order valence-electron chi connectivity index (χ4n) is 3.05. The molecule has 31 heavy (non-hydrogen) atoms. The van der Waals surface area contributed by atoms with Crippen molar-refractivity contribution in [2.45, 2.75) is 17.8 Å². The number of thioether (sulfide) groups is 1. The van der Waals surface area contributed by atoms with E-state index in [9.17, 15) is 9.59 Å². The molecule has 0 aliphatic heterocycles. The van der Waals surface area contributed by atoms with Crippen LogP contribution in [0.1, 0.15) is 23.0 Å². The van der Waals surface area contributed by atoms with Gasteiger partial charge in [-0.1, -0.05) is 11.8 Å². The van der Waals surface area contributed by atoms with Gasteiger partial charge < -0.3 is 14.5 Å². The Labute approximate surface area is 182 Å². The number of carbonyl (C=O) groups is 1. The Morgan fingerprint density at radius 3 is 2.68 bits per heavy atom. The van der Waals surface area contributed by atoms with E-state index in [4.69, 9.17) is 9.47 Å². The first-order valence-electron chi connectivity index (χ1n) is 9.60. The van der Waals surface area contributed by atoms with Crippen molar-refractivity contribution in [2.24, 2.45) is 0 Å². The highest BCUT2D eigenvalue weighted by atomic mass is 32.2. The van der Waals surface area contributed by atoms with E-state index < -0.39 is 5.97 Å². The van der Waals surface area contributed by atoms with Gasteiger partial charge in [-0.05, 0) is 49.4 Å². The number of methoxy groups -OCH3 is 1. The predicted octanol–water partition coefficient (Wildman–Crippen LogP) is 3.79. The van der Waals surface area contributed by atoms with E-state index in [0.29, 0.717) is 33.2 Å². The number of esters is 1. The SMILES string of the molecule is CCOC(=O)c1ccc2[nH]c(CSc3n[nH]c(-c4ccc(OC)cc4)n3)cc(=O)c2c1. The Bertz CT molecular complexity index is 1280. The molecule has 0 atom stereocenters. The molecule has 2 heterocycles. The number of nitrogens with zero attached hydrogens (tertiary/aromatic N) is 2. The Hall–Kier alpha value is -3.59. The summed E-state index contributed by atoms with van der Waals surface area (Å²) in [6, 6.07) is 14.0. The minimum Gasteiger partial charge on any atom is -0.497 e. The largest absolute Gasteiger partial charge is 0.497 e. The Balaban J connectivity index is 1.49. The second-order valence-electron chi connectivity index (χ2n) is 6.62. The fraction of sp³-hybridized carbons (Fsp3) is 0.182. The minimum atomic E-state index is -0.444. The molecule has 2 N–H and O–H groups in total. The first-order valence-corrected chi connectivity index (χ1v) is 10.6. The number of H-pyrrole nitrogens is 2. The number of rotatable bonds is 7. The van der Waals surface area contributed by atoms with Crippen molar-refractivity contribution >= 4 is 28.6 Å². The number of carbonyl (C=O) groups excluding carboxylic acids is 1. The second-order valence-corrected chi connectivity index (χ2v) is 7.57. The quantitative estimate of drug-likeness (QED) is 0.335. The van der Waals surface area contributed by atoms with Crippen LogP contribution >= 0.6 is 11.8 Å². The summed E-state index contributed by atoms with van der Waals surface area (Å²) < 4.78 is 10.2. The van der Waals surface area contributed by atoms with Gasteiger partial charge in [0.25, 0.3) is 0 Å². The summed E-state index contributed by atoms with van der Waals surface area (Å²) in [4.78, 5) is 32.2. The number of benzene rings is 2. The summed E-state index contributed by atoms with van der Waals surface area (Å²) in [7, 11) is 1.62. The van der Waals surface area contributed by atoms with Crippen LogP contribution in [0.4, 0.5) is 0 Å². The molecule has 0 unspecified atom stereocenters. The Morgan fingerprint density at radius 2 is 1.94 bits per heavy atom. The van der Waals surface area contributed by atoms with Crippen LogP contribution < -0.4 is 10.2 Å². The molecule has 0 saturated carbocycles. The van der Waals surface area contributed by atoms with E-state index in [-0.39, 0.29) is 12.0 Å². The maximum absolute atomic E-state index is 12.6. The number of fused-ring (bicyclic) bond motifs is 1. The molecule has 2 aromatic heterocycles. The zero-order valence-corrected chi connectivity index (χ0v) is 17.8. The number of hydrogen-bond donors (Lipinski definition) is 2. The van der Waals surface area contributed by atoms with Crippen LogP contribution in [0.2, 0.25) is 0 Å². The van der Waals surface area contributed by atoms with Gasteiger partial charge in [0.05, 0.1) is 19.3 Å². The summed E-state index contributed by atoms with van der Waals surface area (Å²) in [6.07, 6.45) is 0. The van der Waals surface area contributed by atoms with Gasteiger partial charge in [-0.2, -0.15) is 0 Å². The van der Waals surface area contributed by atoms with Crippen molar-refractivity contribution < 1.29 is 14.3 Å². The third-order valence-electron chi connectivity index (χ3n) is 4.58. The molecule has 0 spiro atoms. The maximum Gasteiger partial charge on any atom is 0.338 e. The molecule has 158 valence electrons. The van der Waals surface area contributed by atoms with Crippen molar-refractivity contribution in [3.05, 3.63) is 70.0 Å². The molecule has 4 rings (SSSR count). The summed E-state index contributed by atoms with van der Waals surface area (Å²) in [5, 5.41) is 8.18. The predicted molar refractivity (Wildman–Crippen MR) is 118 cm³/mol. The lowest BCUT2D eigenvalue weighted by Gasteiger charge is -2.06. The van der Waals surface area contributed by atoms with E-state index >= 15 is 0 Å². The van der Waals surface area contributed by atoms with E-state index in [2.05, 4.69) is 20.2 Å². The van der Waals surface area contributed by atoms with Gasteiger partial charge in [0.1, 0.15) is 5.75 Å². The summed E-state index contributed by atoms with van der Waals surface area (Å²) >= 11 is 1.41. The molecule has 8 nitrogen and oxygen atoms in total. The molecule has 0 bridgehead atoms. The summed E-state index contributed by atoms with van der Waals surface area (Å²) in [5.74, 6) is 1.47. The molecule has 0 aliphatic carbocycles. The van der Waals surface area contributed by atoms with Gasteiger partial charge in [0.15, 0.2) is 11.3 Å². The third-order valence-corrected chi connectivity index (χ3v) is 5.48. The molecule has 0 fully saturated rings. The maximum atomic E-state index is 12.6. The topological polar surface area (TPSA) is 110 Å². The molecule has 4 aromatic rings. The minimum absolute atomic E-state index is 0.163. The molecule has 9 heteroatoms. The number of nitrogens with one attached hydrogen (secondary N) is 2. The van der Waals surface area contributed by atoms with Crippen molar-refractivity contribution in [1.29, 1.82) is 0 Å². The smallest absolute Gasteiger partial charge is 0.338 e. The van der Waals surface area contributed by atoms with Gasteiger partial charge in [-0.15, -0.1) is 5.10 Å². The van der Waals surface area contributed by atoms with Crippen molar-refractivity contribution in [1.82, 2.24) is 20.2 Å². The number of aromatic nitrogens is 4. The number of hydrogen-bond acceptors (Lipinski definition) is 7. The average molecular weight is 436 g/mol. The van der Waals surface area contributed by atoms with Gasteiger partial charge in [-0.3, -0.25) is 9.89 Å². The highest BCUT2D eigenvalue weighted by Crippen LogP contribution is 2.23. The average Bonchev–Trinajstić information content (AvgIpc) is 3.27. The van der Waals surface area contributed by atoms with Crippen molar-refractivity contribution in [2.75, 3.05) is 13.7 Å². The highest BCUT2D eigenvalue weighted by molar-refractivity contribution is 7.98. The third kappa shape index (κ3) is 4.61. The first kappa shape index (κ1) is 20.7. The van der Waals surface area contributed by atoms with E-state index in [0.717, 1.165) is 17.0 Å². The monoisotopic (exact) mass is 436 g/mol. The molecule has 0 aliphatic rings. The van der Waals surface area contributed by atoms with Crippen LogP contribution in [0.5, 0.6) is 5.75 Å². The lowest BCUT2D eigenvalue weighted by atomic mass is 10.1. The molecule has 0 radical (unpaired) electrons. The molecular weight excluding hydrogens is 416 g/mol. The molecule has 0 amide bonds. The Morgan fingerprint density at radius 1 is 1.13 bits per heavy atom. The van der Waals surface area contributed by atoms with Crippen LogP contribution in [0.15, 0.2) is 58.5 Å². The number of pyridine rings is 1. The first-order chi connectivity index (χ1) is 15.1. The van der Waals surface area contributed by atoms with Gasteiger partial charge in [0, 0.05) is 34.0 Å². The normalized spacial score (nSPS) is 10.9. The van der Waals surface area contributed by atoms with Crippen LogP contribution in [-0.2, 0) is 10.5 Å². The van der Waals surface area contributed by atoms with E-state index in [1.807, 2.05) is 24.3 Å². The lowest BCUT2D eigenvalue weighted by molar-refractivity contribution is 0.0526. The number of aromatic amines is 2. The zero-order chi connectivity index (χ0) is 21.8. The molecular formula is C22H20N4O4S. The Kier molecular flexibility index (Phi) is 6.03. The van der Waals surface area contributed by atoms with Crippen molar-refractivity contribution in [3.63, 3.8) is 0 Å². The fourth-order valence-corrected chi connectivity index (χ4v) is 3.76. The lowest BCUT2D eigenvalue weighted by Crippen LogP contribution is -2.08. The van der Waals surface area contributed by atoms with Crippen LogP contribution in [-0.4, -0.2) is 39.9 Å². The van der Waals surface area contributed by atoms with Crippen molar-refractivity contribution in [3.8, 4) is 17.1 Å². The van der Waals surface area contributed by atoms with Gasteiger partial charge >= 0.3 is 5.97 Å². The van der Waals surface area contributed by atoms with Crippen LogP contribution in [0.25, 0.3) is 22.3 Å². The molecule has 2 aromatic carbocycles. The standard InChI is InChI=1S/C22H20N4O4S/c1-3-30-21(28)14-6-9-18-17(10-14)19(27)11-15(23-18)12-31-22-24-20(25-26-22)13-4-7-16(29-2)8-5-13/h4-11H,3,12H2,1-2H3,(H,23,27)(H,24,25,26). The number of ether oxygens (including phenoxy) is 2. The van der Waals surface area contributed by atoms with Crippen LogP contribution in [0, 0.1) is 0 Å². The van der Waals surface area contributed by atoms with E-state index in [1.165, 1.54) is 17.8 Å². The highest BCUT2D eigenvalue weighted by Gasteiger charge is 2.11. The zero-order valence-electron chi connectivity index (χ0n) is 17.0. The van der Waals surface area contributed by atoms with Gasteiger partial charge in [-0.25, -0.2) is 9.78 Å². The summed E-state index contributed by atoms with van der Waals surface area (Å²) in [5.41, 5.74) is 2.49. The summed E-state index contributed by atoms with van der Waals surface area (Å²) in [6.45, 7) is 2.02. The van der Waals surface area contributed by atoms with Gasteiger partial charge in [0.2, 0.25) is 5.16 Å². The molecule has 0 saturated heterocycles.